The Kier molecular flexibility index (Phi) is 4.31. The van der Waals surface area contributed by atoms with Gasteiger partial charge in [0.15, 0.2) is 0 Å². The van der Waals surface area contributed by atoms with Gasteiger partial charge in [-0.2, -0.15) is 0 Å². The summed E-state index contributed by atoms with van der Waals surface area (Å²) >= 11 is 4.87. The first-order valence-corrected chi connectivity index (χ1v) is 8.01. The average molecular weight is 345 g/mol. The highest BCUT2D eigenvalue weighted by Crippen LogP contribution is 2.26. The fraction of sp³-hybridized carbons (Fsp3) is 0.0833. The molecule has 0 aliphatic heterocycles. The highest BCUT2D eigenvalue weighted by molar-refractivity contribution is 9.10. The van der Waals surface area contributed by atoms with Gasteiger partial charge in [-0.3, -0.25) is 4.21 Å². The SMILES string of the molecule is O=C(O)c1ccccc1S(=O)Cc1sccc1Br. The molecule has 1 heterocycles. The number of hydrogen-bond acceptors (Lipinski definition) is 3. The van der Waals surface area contributed by atoms with Crippen LogP contribution in [0, 0.1) is 0 Å². The molecule has 0 amide bonds. The van der Waals surface area contributed by atoms with Gasteiger partial charge < -0.3 is 5.11 Å². The van der Waals surface area contributed by atoms with E-state index in [1.807, 2.05) is 11.4 Å². The number of thiophene rings is 1. The molecule has 94 valence electrons. The van der Waals surface area contributed by atoms with Crippen LogP contribution in [0.5, 0.6) is 0 Å². The molecule has 0 aliphatic carbocycles. The van der Waals surface area contributed by atoms with Crippen LogP contribution in [0.4, 0.5) is 0 Å². The first kappa shape index (κ1) is 13.5. The van der Waals surface area contributed by atoms with Gasteiger partial charge in [0.05, 0.1) is 27.0 Å². The minimum absolute atomic E-state index is 0.100. The van der Waals surface area contributed by atoms with E-state index in [-0.39, 0.29) is 5.56 Å². The molecule has 0 fully saturated rings. The molecule has 18 heavy (non-hydrogen) atoms. The highest BCUT2D eigenvalue weighted by Gasteiger charge is 2.16. The van der Waals surface area contributed by atoms with E-state index in [0.29, 0.717) is 10.6 Å². The molecular weight excluding hydrogens is 336 g/mol. The van der Waals surface area contributed by atoms with Crippen molar-refractivity contribution in [1.29, 1.82) is 0 Å². The molecule has 0 radical (unpaired) electrons. The zero-order chi connectivity index (χ0) is 13.1. The molecule has 1 aromatic heterocycles. The van der Waals surface area contributed by atoms with Gasteiger partial charge in [0.25, 0.3) is 0 Å². The van der Waals surface area contributed by atoms with Crippen molar-refractivity contribution < 1.29 is 14.1 Å². The summed E-state index contributed by atoms with van der Waals surface area (Å²) in [6.07, 6.45) is 0. The molecule has 0 saturated heterocycles. The highest BCUT2D eigenvalue weighted by atomic mass is 79.9. The van der Waals surface area contributed by atoms with Crippen molar-refractivity contribution in [2.75, 3.05) is 0 Å². The summed E-state index contributed by atoms with van der Waals surface area (Å²) in [6, 6.07) is 8.29. The van der Waals surface area contributed by atoms with Crippen molar-refractivity contribution in [3.63, 3.8) is 0 Å². The number of carboxylic acid groups (broad SMARTS) is 1. The fourth-order valence-electron chi connectivity index (χ4n) is 1.47. The first-order chi connectivity index (χ1) is 8.59. The van der Waals surface area contributed by atoms with Gasteiger partial charge in [-0.1, -0.05) is 12.1 Å². The Hall–Kier alpha value is -0.980. The van der Waals surface area contributed by atoms with E-state index < -0.39 is 16.8 Å². The summed E-state index contributed by atoms with van der Waals surface area (Å²) in [5, 5.41) is 11.0. The maximum atomic E-state index is 12.2. The van der Waals surface area contributed by atoms with Gasteiger partial charge in [-0.15, -0.1) is 11.3 Å². The van der Waals surface area contributed by atoms with Gasteiger partial charge >= 0.3 is 5.97 Å². The number of rotatable bonds is 4. The van der Waals surface area contributed by atoms with Crippen LogP contribution in [0.2, 0.25) is 0 Å². The molecule has 1 N–H and O–H groups in total. The molecule has 1 aromatic carbocycles. The fourth-order valence-corrected chi connectivity index (χ4v) is 4.70. The van der Waals surface area contributed by atoms with Gasteiger partial charge in [-0.05, 0) is 39.5 Å². The normalized spacial score (nSPS) is 12.3. The van der Waals surface area contributed by atoms with Crippen LogP contribution in [-0.2, 0) is 16.6 Å². The first-order valence-electron chi connectivity index (χ1n) is 5.02. The predicted molar refractivity (Wildman–Crippen MR) is 75.5 cm³/mol. The zero-order valence-corrected chi connectivity index (χ0v) is 12.3. The van der Waals surface area contributed by atoms with Crippen LogP contribution in [-0.4, -0.2) is 15.3 Å². The van der Waals surface area contributed by atoms with E-state index in [1.165, 1.54) is 17.4 Å². The maximum absolute atomic E-state index is 12.2. The van der Waals surface area contributed by atoms with Crippen LogP contribution < -0.4 is 0 Å². The van der Waals surface area contributed by atoms with Crippen LogP contribution in [0.25, 0.3) is 0 Å². The van der Waals surface area contributed by atoms with Crippen molar-refractivity contribution >= 4 is 44.0 Å². The Morgan fingerprint density at radius 1 is 1.33 bits per heavy atom. The topological polar surface area (TPSA) is 54.4 Å². The second kappa shape index (κ2) is 5.77. The summed E-state index contributed by atoms with van der Waals surface area (Å²) in [5.41, 5.74) is 0.100. The van der Waals surface area contributed by atoms with Crippen molar-refractivity contribution in [2.45, 2.75) is 10.6 Å². The van der Waals surface area contributed by atoms with Gasteiger partial charge in [0, 0.05) is 9.35 Å². The van der Waals surface area contributed by atoms with E-state index >= 15 is 0 Å². The Morgan fingerprint density at radius 2 is 2.06 bits per heavy atom. The Morgan fingerprint density at radius 3 is 2.67 bits per heavy atom. The predicted octanol–water partition coefficient (Wildman–Crippen LogP) is 3.52. The lowest BCUT2D eigenvalue weighted by Crippen LogP contribution is -2.05. The molecule has 0 aliphatic rings. The lowest BCUT2D eigenvalue weighted by Gasteiger charge is -2.05. The molecule has 1 unspecified atom stereocenters. The molecule has 6 heteroatoms. The van der Waals surface area contributed by atoms with Gasteiger partial charge in [0.1, 0.15) is 0 Å². The second-order valence-corrected chi connectivity index (χ2v) is 6.76. The number of aromatic carboxylic acids is 1. The van der Waals surface area contributed by atoms with Crippen LogP contribution >= 0.6 is 27.3 Å². The van der Waals surface area contributed by atoms with Crippen LogP contribution in [0.3, 0.4) is 0 Å². The second-order valence-electron chi connectivity index (χ2n) is 3.48. The molecule has 0 bridgehead atoms. The maximum Gasteiger partial charge on any atom is 0.336 e. The van der Waals surface area contributed by atoms with E-state index in [2.05, 4.69) is 15.9 Å². The Bertz CT molecular complexity index is 607. The zero-order valence-electron chi connectivity index (χ0n) is 9.13. The van der Waals surface area contributed by atoms with Crippen LogP contribution in [0.15, 0.2) is 45.1 Å². The molecule has 2 aromatic rings. The number of hydrogen-bond donors (Lipinski definition) is 1. The largest absolute Gasteiger partial charge is 0.478 e. The summed E-state index contributed by atoms with van der Waals surface area (Å²) in [6.45, 7) is 0. The van der Waals surface area contributed by atoms with E-state index in [4.69, 9.17) is 5.11 Å². The van der Waals surface area contributed by atoms with Crippen molar-refractivity contribution in [3.05, 3.63) is 50.6 Å². The number of carboxylic acids is 1. The van der Waals surface area contributed by atoms with Crippen molar-refractivity contribution in [2.24, 2.45) is 0 Å². The standard InChI is InChI=1S/C12H9BrO3S2/c13-9-5-6-17-10(9)7-18(16)11-4-2-1-3-8(11)12(14)15/h1-6H,7H2,(H,14,15). The minimum Gasteiger partial charge on any atom is -0.478 e. The van der Waals surface area contributed by atoms with Gasteiger partial charge in [-0.25, -0.2) is 4.79 Å². The monoisotopic (exact) mass is 344 g/mol. The third-order valence-electron chi connectivity index (χ3n) is 2.32. The molecule has 2 rings (SSSR count). The number of benzene rings is 1. The lowest BCUT2D eigenvalue weighted by atomic mass is 10.2. The summed E-state index contributed by atoms with van der Waals surface area (Å²) in [7, 11) is -1.36. The van der Waals surface area contributed by atoms with E-state index in [1.54, 1.807) is 18.2 Å². The van der Waals surface area contributed by atoms with Gasteiger partial charge in [0.2, 0.25) is 0 Å². The van der Waals surface area contributed by atoms with E-state index in [0.717, 1.165) is 9.35 Å². The number of carbonyl (C=O) groups is 1. The van der Waals surface area contributed by atoms with Crippen molar-refractivity contribution in [3.8, 4) is 0 Å². The average Bonchev–Trinajstić information content (AvgIpc) is 2.75. The Balaban J connectivity index is 2.30. The third-order valence-corrected chi connectivity index (χ3v) is 5.82. The quantitative estimate of drug-likeness (QED) is 0.923. The molecule has 3 nitrogen and oxygen atoms in total. The smallest absolute Gasteiger partial charge is 0.336 e. The molecule has 0 saturated carbocycles. The third kappa shape index (κ3) is 2.88. The Labute approximate surface area is 119 Å². The summed E-state index contributed by atoms with van der Waals surface area (Å²) in [4.78, 5) is 12.4. The summed E-state index contributed by atoms with van der Waals surface area (Å²) in [5.74, 6) is -0.730. The van der Waals surface area contributed by atoms with Crippen molar-refractivity contribution in [1.82, 2.24) is 0 Å². The summed E-state index contributed by atoms with van der Waals surface area (Å²) < 4.78 is 13.1. The minimum atomic E-state index is -1.36. The molecule has 1 atom stereocenters. The number of halogens is 1. The lowest BCUT2D eigenvalue weighted by molar-refractivity contribution is 0.0693. The van der Waals surface area contributed by atoms with Crippen LogP contribution in [0.1, 0.15) is 15.2 Å². The molecular formula is C12H9BrO3S2. The molecule has 0 spiro atoms. The van der Waals surface area contributed by atoms with E-state index in [9.17, 15) is 9.00 Å².